The molecule has 0 aliphatic heterocycles. The van der Waals surface area contributed by atoms with E-state index in [1.807, 2.05) is 11.3 Å². The van der Waals surface area contributed by atoms with E-state index >= 15 is 0 Å². The summed E-state index contributed by atoms with van der Waals surface area (Å²) in [6, 6.07) is 29.6. The number of rotatable bonds is 2. The van der Waals surface area contributed by atoms with Crippen LogP contribution in [-0.4, -0.2) is 4.57 Å². The highest BCUT2D eigenvalue weighted by Crippen LogP contribution is 2.41. The minimum Gasteiger partial charge on any atom is -0.335 e. The molecule has 1 nitrogen and oxygen atoms in total. The van der Waals surface area contributed by atoms with Crippen LogP contribution in [0.5, 0.6) is 0 Å². The average Bonchev–Trinajstić information content (AvgIpc) is 3.33. The van der Waals surface area contributed by atoms with Crippen molar-refractivity contribution < 1.29 is 0 Å². The van der Waals surface area contributed by atoms with Crippen molar-refractivity contribution in [3.8, 4) is 11.1 Å². The van der Waals surface area contributed by atoms with Gasteiger partial charge in [0.1, 0.15) is 0 Å². The predicted molar refractivity (Wildman–Crippen MR) is 156 cm³/mol. The van der Waals surface area contributed by atoms with E-state index < -0.39 is 0 Å². The van der Waals surface area contributed by atoms with Gasteiger partial charge in [-0.15, -0.1) is 11.3 Å². The molecule has 0 atom stereocenters. The van der Waals surface area contributed by atoms with Crippen LogP contribution in [-0.2, 0) is 12.0 Å². The van der Waals surface area contributed by atoms with Crippen LogP contribution in [0.3, 0.4) is 0 Å². The normalized spacial score (nSPS) is 13.0. The van der Waals surface area contributed by atoms with E-state index in [0.717, 1.165) is 6.42 Å². The third-order valence-electron chi connectivity index (χ3n) is 6.98. The maximum absolute atomic E-state index is 2.50. The maximum Gasteiger partial charge on any atom is 0.0502 e. The van der Waals surface area contributed by atoms with E-state index in [-0.39, 0.29) is 11.0 Å². The summed E-state index contributed by atoms with van der Waals surface area (Å²) in [6.45, 7) is 13.9. The zero-order valence-corrected chi connectivity index (χ0v) is 22.4. The molecule has 0 N–H and O–H groups in total. The van der Waals surface area contributed by atoms with Gasteiger partial charge in [0.25, 0.3) is 0 Å². The number of nitrogens with zero attached hydrogens (tertiary/aromatic N) is 1. The van der Waals surface area contributed by atoms with Gasteiger partial charge in [-0.05, 0) is 67.5 Å². The van der Waals surface area contributed by atoms with E-state index in [0.29, 0.717) is 0 Å². The Hall–Kier alpha value is -3.10. The predicted octanol–water partition coefficient (Wildman–Crippen LogP) is 10.2. The van der Waals surface area contributed by atoms with Gasteiger partial charge in [0.15, 0.2) is 0 Å². The summed E-state index contributed by atoms with van der Waals surface area (Å²) in [7, 11) is 0. The van der Waals surface area contributed by atoms with Crippen molar-refractivity contribution in [3.63, 3.8) is 0 Å². The monoisotopic (exact) mass is 475 g/mol. The molecule has 0 bridgehead atoms. The molecule has 176 valence electrons. The zero-order chi connectivity index (χ0) is 24.5. The Kier molecular flexibility index (Phi) is 4.92. The van der Waals surface area contributed by atoms with Crippen molar-refractivity contribution in [1.29, 1.82) is 0 Å². The van der Waals surface area contributed by atoms with Gasteiger partial charge in [0.2, 0.25) is 0 Å². The second-order valence-corrected chi connectivity index (χ2v) is 13.2. The summed E-state index contributed by atoms with van der Waals surface area (Å²) in [5.41, 5.74) is 6.91. The van der Waals surface area contributed by atoms with E-state index in [1.54, 1.807) is 0 Å². The van der Waals surface area contributed by atoms with Crippen LogP contribution in [0.15, 0.2) is 78.9 Å². The number of hydrogen-bond donors (Lipinski definition) is 0. The number of fused-ring (bicyclic) bond motifs is 6. The molecule has 0 unspecified atom stereocenters. The van der Waals surface area contributed by atoms with Gasteiger partial charge in [-0.2, -0.15) is 0 Å². The lowest BCUT2D eigenvalue weighted by molar-refractivity contribution is 0.413. The smallest absolute Gasteiger partial charge is 0.0502 e. The number of para-hydroxylation sites is 1. The molecule has 0 radical (unpaired) electrons. The molecule has 0 fully saturated rings. The van der Waals surface area contributed by atoms with Crippen LogP contribution in [0.1, 0.15) is 47.1 Å². The molecular weight excluding hydrogens is 442 g/mol. The Bertz CT molecular complexity index is 1730. The summed E-state index contributed by atoms with van der Waals surface area (Å²) < 4.78 is 5.31. The fourth-order valence-corrected chi connectivity index (χ4v) is 6.87. The van der Waals surface area contributed by atoms with Crippen molar-refractivity contribution >= 4 is 53.3 Å². The lowest BCUT2D eigenvalue weighted by atomic mass is 9.88. The molecule has 0 saturated heterocycles. The third-order valence-corrected chi connectivity index (χ3v) is 8.22. The standard InChI is InChI=1S/C33H33NS/c1-32(2,3)20-23-10-9-12-27-26-17-15-22(19-30(26)35-31(23)27)21-14-16-25-24-11-7-8-13-28(24)34(29(25)18-21)33(4,5)6/h7-19H,20H2,1-6H3. The summed E-state index contributed by atoms with van der Waals surface area (Å²) >= 11 is 1.95. The molecule has 0 amide bonds. The SMILES string of the molecule is CC(C)(C)Cc1cccc2c1sc1cc(-c3ccc4c5ccccc5n(C(C)(C)C)c4c3)ccc12. The molecular formula is C33H33NS. The maximum atomic E-state index is 2.50. The van der Waals surface area contributed by atoms with Gasteiger partial charge >= 0.3 is 0 Å². The van der Waals surface area contributed by atoms with Crippen molar-refractivity contribution in [2.24, 2.45) is 5.41 Å². The van der Waals surface area contributed by atoms with Crippen LogP contribution < -0.4 is 0 Å². The first kappa shape index (κ1) is 22.4. The summed E-state index contributed by atoms with van der Waals surface area (Å²) in [4.78, 5) is 0. The van der Waals surface area contributed by atoms with Gasteiger partial charge < -0.3 is 4.57 Å². The molecule has 2 aromatic heterocycles. The molecule has 4 aromatic carbocycles. The second-order valence-electron chi connectivity index (χ2n) is 12.1. The summed E-state index contributed by atoms with van der Waals surface area (Å²) in [5.74, 6) is 0. The van der Waals surface area contributed by atoms with Crippen molar-refractivity contribution in [3.05, 3.63) is 84.4 Å². The minimum atomic E-state index is -0.00113. The third kappa shape index (κ3) is 3.76. The van der Waals surface area contributed by atoms with Crippen LogP contribution in [0.2, 0.25) is 0 Å². The number of hydrogen-bond acceptors (Lipinski definition) is 1. The number of thiophene rings is 1. The van der Waals surface area contributed by atoms with Crippen LogP contribution in [0, 0.1) is 5.41 Å². The lowest BCUT2D eigenvalue weighted by Crippen LogP contribution is -2.21. The molecule has 0 spiro atoms. The van der Waals surface area contributed by atoms with Gasteiger partial charge in [0, 0.05) is 42.0 Å². The van der Waals surface area contributed by atoms with Gasteiger partial charge in [-0.25, -0.2) is 0 Å². The van der Waals surface area contributed by atoms with Gasteiger partial charge in [0.05, 0.1) is 5.52 Å². The summed E-state index contributed by atoms with van der Waals surface area (Å²) in [5, 5.41) is 5.42. The minimum absolute atomic E-state index is 0.00113. The van der Waals surface area contributed by atoms with E-state index in [9.17, 15) is 0 Å². The lowest BCUT2D eigenvalue weighted by Gasteiger charge is -2.24. The highest BCUT2D eigenvalue weighted by Gasteiger charge is 2.21. The molecule has 0 aliphatic rings. The zero-order valence-electron chi connectivity index (χ0n) is 21.6. The first-order valence-corrected chi connectivity index (χ1v) is 13.4. The quantitative estimate of drug-likeness (QED) is 0.235. The van der Waals surface area contributed by atoms with Crippen LogP contribution in [0.25, 0.3) is 53.1 Å². The molecule has 6 aromatic rings. The van der Waals surface area contributed by atoms with Crippen LogP contribution >= 0.6 is 11.3 Å². The molecule has 0 saturated carbocycles. The van der Waals surface area contributed by atoms with Crippen LogP contribution in [0.4, 0.5) is 0 Å². The largest absolute Gasteiger partial charge is 0.335 e. The molecule has 2 heterocycles. The van der Waals surface area contributed by atoms with E-state index in [4.69, 9.17) is 0 Å². The van der Waals surface area contributed by atoms with E-state index in [2.05, 4.69) is 125 Å². The molecule has 6 rings (SSSR count). The summed E-state index contributed by atoms with van der Waals surface area (Å²) in [6.07, 6.45) is 1.10. The Morgan fingerprint density at radius 1 is 0.629 bits per heavy atom. The highest BCUT2D eigenvalue weighted by molar-refractivity contribution is 7.26. The first-order chi connectivity index (χ1) is 16.6. The average molecular weight is 476 g/mol. The fourth-order valence-electron chi connectivity index (χ4n) is 5.62. The van der Waals surface area contributed by atoms with E-state index in [1.165, 1.54) is 58.7 Å². The Balaban J connectivity index is 1.54. The molecule has 2 heteroatoms. The Morgan fingerprint density at radius 3 is 2.03 bits per heavy atom. The Morgan fingerprint density at radius 2 is 1.29 bits per heavy atom. The van der Waals surface area contributed by atoms with Gasteiger partial charge in [-0.1, -0.05) is 81.4 Å². The van der Waals surface area contributed by atoms with Gasteiger partial charge in [-0.3, -0.25) is 0 Å². The second kappa shape index (κ2) is 7.70. The van der Waals surface area contributed by atoms with Crippen molar-refractivity contribution in [2.45, 2.75) is 53.5 Å². The van der Waals surface area contributed by atoms with Crippen molar-refractivity contribution in [1.82, 2.24) is 4.57 Å². The van der Waals surface area contributed by atoms with Crippen molar-refractivity contribution in [2.75, 3.05) is 0 Å². The Labute approximate surface area is 212 Å². The topological polar surface area (TPSA) is 4.93 Å². The number of aromatic nitrogens is 1. The first-order valence-electron chi connectivity index (χ1n) is 12.6. The fraction of sp³-hybridized carbons (Fsp3) is 0.273. The molecule has 35 heavy (non-hydrogen) atoms. The highest BCUT2D eigenvalue weighted by atomic mass is 32.1. The number of benzene rings is 4. The molecule has 0 aliphatic carbocycles.